The predicted octanol–water partition coefficient (Wildman–Crippen LogP) is 6.19. The summed E-state index contributed by atoms with van der Waals surface area (Å²) in [6, 6.07) is 8.10. The highest BCUT2D eigenvalue weighted by Gasteiger charge is 2.15. The van der Waals surface area contributed by atoms with E-state index in [-0.39, 0.29) is 11.9 Å². The van der Waals surface area contributed by atoms with Crippen molar-refractivity contribution in [2.75, 3.05) is 12.4 Å². The van der Waals surface area contributed by atoms with E-state index in [0.717, 1.165) is 8.95 Å². The van der Waals surface area contributed by atoms with Gasteiger partial charge in [0.05, 0.1) is 23.3 Å². The molecule has 0 radical (unpaired) electrons. The van der Waals surface area contributed by atoms with E-state index in [4.69, 9.17) is 16.3 Å². The van der Waals surface area contributed by atoms with Crippen LogP contribution in [0.3, 0.4) is 0 Å². The number of anilines is 1. The maximum Gasteiger partial charge on any atom is 0.156 e. The van der Waals surface area contributed by atoms with Crippen molar-refractivity contribution < 1.29 is 9.13 Å². The molecule has 112 valence electrons. The van der Waals surface area contributed by atoms with Gasteiger partial charge in [0, 0.05) is 15.1 Å². The molecule has 0 saturated carbocycles. The molecule has 0 fully saturated rings. The molecule has 0 aliphatic heterocycles. The van der Waals surface area contributed by atoms with Crippen molar-refractivity contribution in [2.45, 2.75) is 13.0 Å². The van der Waals surface area contributed by atoms with Crippen LogP contribution < -0.4 is 10.1 Å². The summed E-state index contributed by atoms with van der Waals surface area (Å²) in [5.74, 6) is 0.361. The molecular formula is C15H13Br2ClFNO. The standard InChI is InChI=1S/C15H13Br2ClFNO/c1-8(11-5-9(16)3-4-13(11)19)20-14-7-10(18)6-12(17)15(14)21-2/h3-8,20H,1-2H3. The largest absolute Gasteiger partial charge is 0.493 e. The van der Waals surface area contributed by atoms with Crippen molar-refractivity contribution in [2.24, 2.45) is 0 Å². The Labute approximate surface area is 144 Å². The van der Waals surface area contributed by atoms with Crippen LogP contribution in [0.1, 0.15) is 18.5 Å². The third-order valence-corrected chi connectivity index (χ3v) is 4.31. The summed E-state index contributed by atoms with van der Waals surface area (Å²) >= 11 is 12.8. The van der Waals surface area contributed by atoms with Crippen LogP contribution in [-0.2, 0) is 0 Å². The monoisotopic (exact) mass is 435 g/mol. The first-order valence-corrected chi connectivity index (χ1v) is 8.13. The van der Waals surface area contributed by atoms with E-state index < -0.39 is 0 Å². The van der Waals surface area contributed by atoms with Gasteiger partial charge >= 0.3 is 0 Å². The number of halogens is 4. The Kier molecular flexibility index (Phi) is 5.52. The molecule has 0 aromatic heterocycles. The van der Waals surface area contributed by atoms with Gasteiger partial charge in [0.1, 0.15) is 5.82 Å². The summed E-state index contributed by atoms with van der Waals surface area (Å²) in [6.07, 6.45) is 0. The van der Waals surface area contributed by atoms with Crippen LogP contribution >= 0.6 is 43.5 Å². The summed E-state index contributed by atoms with van der Waals surface area (Å²) < 4.78 is 20.9. The van der Waals surface area contributed by atoms with Gasteiger partial charge in [0.25, 0.3) is 0 Å². The van der Waals surface area contributed by atoms with Crippen LogP contribution in [0.4, 0.5) is 10.1 Å². The lowest BCUT2D eigenvalue weighted by atomic mass is 10.1. The molecule has 0 heterocycles. The Balaban J connectivity index is 2.35. The van der Waals surface area contributed by atoms with Crippen LogP contribution in [-0.4, -0.2) is 7.11 Å². The number of rotatable bonds is 4. The zero-order valence-electron chi connectivity index (χ0n) is 11.4. The smallest absolute Gasteiger partial charge is 0.156 e. The molecule has 0 saturated heterocycles. The second kappa shape index (κ2) is 6.99. The molecule has 2 nitrogen and oxygen atoms in total. The fourth-order valence-electron chi connectivity index (χ4n) is 2.03. The van der Waals surface area contributed by atoms with E-state index in [1.807, 2.05) is 6.92 Å². The molecule has 1 N–H and O–H groups in total. The molecule has 0 spiro atoms. The fraction of sp³-hybridized carbons (Fsp3) is 0.200. The van der Waals surface area contributed by atoms with E-state index in [1.54, 1.807) is 31.4 Å². The molecule has 2 aromatic rings. The van der Waals surface area contributed by atoms with Gasteiger partial charge in [-0.1, -0.05) is 27.5 Å². The highest BCUT2D eigenvalue weighted by molar-refractivity contribution is 9.10. The van der Waals surface area contributed by atoms with E-state index >= 15 is 0 Å². The molecule has 0 bridgehead atoms. The summed E-state index contributed by atoms with van der Waals surface area (Å²) in [6.45, 7) is 1.87. The zero-order chi connectivity index (χ0) is 15.6. The molecule has 6 heteroatoms. The van der Waals surface area contributed by atoms with Crippen molar-refractivity contribution in [3.8, 4) is 5.75 Å². The fourth-order valence-corrected chi connectivity index (χ4v) is 3.38. The topological polar surface area (TPSA) is 21.3 Å². The zero-order valence-corrected chi connectivity index (χ0v) is 15.3. The average molecular weight is 438 g/mol. The maximum absolute atomic E-state index is 13.9. The van der Waals surface area contributed by atoms with Gasteiger partial charge in [0.2, 0.25) is 0 Å². The molecule has 1 unspecified atom stereocenters. The first-order valence-electron chi connectivity index (χ1n) is 6.17. The lowest BCUT2D eigenvalue weighted by Crippen LogP contribution is -2.10. The summed E-state index contributed by atoms with van der Waals surface area (Å²) in [7, 11) is 1.57. The first kappa shape index (κ1) is 16.6. The van der Waals surface area contributed by atoms with Gasteiger partial charge in [-0.2, -0.15) is 0 Å². The lowest BCUT2D eigenvalue weighted by molar-refractivity contribution is 0.413. The number of benzene rings is 2. The molecule has 2 aromatic carbocycles. The molecule has 0 aliphatic carbocycles. The minimum atomic E-state index is -0.265. The Bertz CT molecular complexity index is 666. The van der Waals surface area contributed by atoms with Crippen molar-refractivity contribution in [3.05, 3.63) is 55.7 Å². The molecule has 0 amide bonds. The van der Waals surface area contributed by atoms with E-state index in [1.165, 1.54) is 6.07 Å². The number of methoxy groups -OCH3 is 1. The third-order valence-electron chi connectivity index (χ3n) is 3.01. The van der Waals surface area contributed by atoms with Gasteiger partial charge in [-0.05, 0) is 53.2 Å². The highest BCUT2D eigenvalue weighted by Crippen LogP contribution is 2.38. The Morgan fingerprint density at radius 2 is 1.95 bits per heavy atom. The van der Waals surface area contributed by atoms with E-state index in [2.05, 4.69) is 37.2 Å². The van der Waals surface area contributed by atoms with E-state index in [0.29, 0.717) is 22.0 Å². The van der Waals surface area contributed by atoms with Crippen molar-refractivity contribution in [3.63, 3.8) is 0 Å². The first-order chi connectivity index (χ1) is 9.92. The quantitative estimate of drug-likeness (QED) is 0.616. The average Bonchev–Trinajstić information content (AvgIpc) is 2.41. The summed E-state index contributed by atoms with van der Waals surface area (Å²) in [5, 5.41) is 3.79. The van der Waals surface area contributed by atoms with Gasteiger partial charge in [-0.15, -0.1) is 0 Å². The highest BCUT2D eigenvalue weighted by atomic mass is 79.9. The van der Waals surface area contributed by atoms with Crippen molar-refractivity contribution in [1.29, 1.82) is 0 Å². The Morgan fingerprint density at radius 1 is 1.24 bits per heavy atom. The molecular weight excluding hydrogens is 424 g/mol. The van der Waals surface area contributed by atoms with Crippen molar-refractivity contribution >= 4 is 49.1 Å². The third kappa shape index (κ3) is 3.90. The van der Waals surface area contributed by atoms with Gasteiger partial charge in [0.15, 0.2) is 5.75 Å². The Hall–Kier alpha value is -0.780. The van der Waals surface area contributed by atoms with Gasteiger partial charge in [-0.3, -0.25) is 0 Å². The second-order valence-corrected chi connectivity index (χ2v) is 6.71. The van der Waals surface area contributed by atoms with Crippen LogP contribution in [0.5, 0.6) is 5.75 Å². The van der Waals surface area contributed by atoms with Crippen LogP contribution in [0.15, 0.2) is 39.3 Å². The number of nitrogens with one attached hydrogen (secondary N) is 1. The minimum absolute atomic E-state index is 0.248. The predicted molar refractivity (Wildman–Crippen MR) is 91.8 cm³/mol. The van der Waals surface area contributed by atoms with Crippen molar-refractivity contribution in [1.82, 2.24) is 0 Å². The van der Waals surface area contributed by atoms with Crippen LogP contribution in [0.2, 0.25) is 5.02 Å². The van der Waals surface area contributed by atoms with Crippen LogP contribution in [0, 0.1) is 5.82 Å². The second-order valence-electron chi connectivity index (χ2n) is 4.50. The summed E-state index contributed by atoms with van der Waals surface area (Å²) in [5.41, 5.74) is 1.26. The molecule has 2 rings (SSSR count). The Morgan fingerprint density at radius 3 is 2.62 bits per heavy atom. The van der Waals surface area contributed by atoms with Crippen LogP contribution in [0.25, 0.3) is 0 Å². The number of hydrogen-bond acceptors (Lipinski definition) is 2. The minimum Gasteiger partial charge on any atom is -0.493 e. The normalized spacial score (nSPS) is 12.1. The summed E-state index contributed by atoms with van der Waals surface area (Å²) in [4.78, 5) is 0. The number of hydrogen-bond donors (Lipinski definition) is 1. The SMILES string of the molecule is COc1c(Br)cc(Cl)cc1NC(C)c1cc(Br)ccc1F. The number of ether oxygens (including phenoxy) is 1. The maximum atomic E-state index is 13.9. The van der Waals surface area contributed by atoms with E-state index in [9.17, 15) is 4.39 Å². The molecule has 21 heavy (non-hydrogen) atoms. The lowest BCUT2D eigenvalue weighted by Gasteiger charge is -2.19. The van der Waals surface area contributed by atoms with Gasteiger partial charge in [-0.25, -0.2) is 4.39 Å². The van der Waals surface area contributed by atoms with Gasteiger partial charge < -0.3 is 10.1 Å². The molecule has 1 atom stereocenters. The molecule has 0 aliphatic rings.